The van der Waals surface area contributed by atoms with Gasteiger partial charge in [-0.2, -0.15) is 4.98 Å². The molecular weight excluding hydrogens is 226 g/mol. The molecule has 0 bridgehead atoms. The van der Waals surface area contributed by atoms with Gasteiger partial charge in [0.1, 0.15) is 6.10 Å². The summed E-state index contributed by atoms with van der Waals surface area (Å²) in [5.41, 5.74) is 5.51. The Bertz CT molecular complexity index is 318. The van der Waals surface area contributed by atoms with Crippen molar-refractivity contribution in [2.24, 2.45) is 5.73 Å². The van der Waals surface area contributed by atoms with E-state index in [0.717, 1.165) is 5.75 Å². The van der Waals surface area contributed by atoms with Crippen LogP contribution in [0.5, 0.6) is 0 Å². The smallest absolute Gasteiger partial charge is 0.257 e. The molecule has 0 aliphatic carbocycles. The number of hydrogen-bond donors (Lipinski definition) is 1. The second kappa shape index (κ2) is 5.65. The van der Waals surface area contributed by atoms with Gasteiger partial charge in [0.2, 0.25) is 0 Å². The molecule has 0 aliphatic heterocycles. The van der Waals surface area contributed by atoms with E-state index in [-0.39, 0.29) is 10.9 Å². The third kappa shape index (κ3) is 4.11. The van der Waals surface area contributed by atoms with Gasteiger partial charge in [-0.3, -0.25) is 0 Å². The minimum absolute atomic E-state index is 0.190. The van der Waals surface area contributed by atoms with Gasteiger partial charge in [0.25, 0.3) is 5.89 Å². The van der Waals surface area contributed by atoms with E-state index in [2.05, 4.69) is 30.9 Å². The fraction of sp³-hybridized carbons (Fsp3) is 0.800. The Morgan fingerprint density at radius 1 is 1.50 bits per heavy atom. The molecular formula is C10H19N3O2S. The van der Waals surface area contributed by atoms with Gasteiger partial charge >= 0.3 is 0 Å². The van der Waals surface area contributed by atoms with Crippen LogP contribution in [0.3, 0.4) is 0 Å². The third-order valence-corrected chi connectivity index (χ3v) is 3.16. The summed E-state index contributed by atoms with van der Waals surface area (Å²) in [4.78, 5) is 4.25. The van der Waals surface area contributed by atoms with Crippen LogP contribution in [-0.4, -0.2) is 28.5 Å². The monoisotopic (exact) mass is 245 g/mol. The minimum Gasteiger partial charge on any atom is -0.370 e. The van der Waals surface area contributed by atoms with Crippen LogP contribution in [0.1, 0.15) is 38.6 Å². The lowest BCUT2D eigenvalue weighted by atomic mass is 10.3. The summed E-state index contributed by atoms with van der Waals surface area (Å²) in [5.74, 6) is 1.87. The standard InChI is InChI=1S/C10H19N3O2S/c1-10(2,3)16-6-8-12-9(15-13-8)7(5-11)14-4/h7H,5-6,11H2,1-4H3. The highest BCUT2D eigenvalue weighted by atomic mass is 32.2. The van der Waals surface area contributed by atoms with Crippen molar-refractivity contribution in [3.05, 3.63) is 11.7 Å². The van der Waals surface area contributed by atoms with Gasteiger partial charge in [-0.05, 0) is 0 Å². The van der Waals surface area contributed by atoms with Crippen molar-refractivity contribution in [1.82, 2.24) is 10.1 Å². The lowest BCUT2D eigenvalue weighted by Crippen LogP contribution is -2.14. The highest BCUT2D eigenvalue weighted by Crippen LogP contribution is 2.26. The maximum atomic E-state index is 5.51. The second-order valence-corrected chi connectivity index (χ2v) is 6.21. The Balaban J connectivity index is 2.58. The molecule has 1 heterocycles. The van der Waals surface area contributed by atoms with Crippen molar-refractivity contribution in [3.63, 3.8) is 0 Å². The van der Waals surface area contributed by atoms with Crippen molar-refractivity contribution in [1.29, 1.82) is 0 Å². The van der Waals surface area contributed by atoms with Crippen LogP contribution in [0.2, 0.25) is 0 Å². The van der Waals surface area contributed by atoms with Gasteiger partial charge in [0, 0.05) is 18.4 Å². The molecule has 0 radical (unpaired) electrons. The Hall–Kier alpha value is -0.590. The molecule has 1 unspecified atom stereocenters. The SMILES string of the molecule is COC(CN)c1nc(CSC(C)(C)C)no1. The Labute approximate surface area is 100 Å². The van der Waals surface area contributed by atoms with Crippen molar-refractivity contribution < 1.29 is 9.26 Å². The van der Waals surface area contributed by atoms with Crippen molar-refractivity contribution >= 4 is 11.8 Å². The molecule has 0 spiro atoms. The van der Waals surface area contributed by atoms with E-state index in [9.17, 15) is 0 Å². The Morgan fingerprint density at radius 2 is 2.19 bits per heavy atom. The highest BCUT2D eigenvalue weighted by Gasteiger charge is 2.18. The van der Waals surface area contributed by atoms with Crippen LogP contribution >= 0.6 is 11.8 Å². The number of aromatic nitrogens is 2. The van der Waals surface area contributed by atoms with Gasteiger partial charge in [-0.15, -0.1) is 11.8 Å². The predicted molar refractivity (Wildman–Crippen MR) is 64.2 cm³/mol. The first kappa shape index (κ1) is 13.5. The van der Waals surface area contributed by atoms with Crippen molar-refractivity contribution in [2.75, 3.05) is 13.7 Å². The molecule has 0 aliphatic rings. The van der Waals surface area contributed by atoms with Crippen LogP contribution < -0.4 is 5.73 Å². The fourth-order valence-electron chi connectivity index (χ4n) is 1.04. The molecule has 16 heavy (non-hydrogen) atoms. The van der Waals surface area contributed by atoms with Crippen LogP contribution in [0.25, 0.3) is 0 Å². The van der Waals surface area contributed by atoms with E-state index in [1.165, 1.54) is 0 Å². The molecule has 0 fully saturated rings. The number of methoxy groups -OCH3 is 1. The molecule has 0 amide bonds. The summed E-state index contributed by atoms with van der Waals surface area (Å²) in [6.07, 6.45) is -0.305. The summed E-state index contributed by atoms with van der Waals surface area (Å²) < 4.78 is 10.4. The molecule has 2 N–H and O–H groups in total. The zero-order valence-corrected chi connectivity index (χ0v) is 11.0. The molecule has 5 nitrogen and oxygen atoms in total. The van der Waals surface area contributed by atoms with Gasteiger partial charge in [-0.25, -0.2) is 0 Å². The molecule has 1 aromatic rings. The van der Waals surface area contributed by atoms with Crippen LogP contribution in [0.15, 0.2) is 4.52 Å². The Kier molecular flexibility index (Phi) is 4.76. The third-order valence-electron chi connectivity index (χ3n) is 1.89. The second-order valence-electron chi connectivity index (χ2n) is 4.41. The van der Waals surface area contributed by atoms with E-state index >= 15 is 0 Å². The van der Waals surface area contributed by atoms with E-state index in [0.29, 0.717) is 18.3 Å². The first-order chi connectivity index (χ1) is 7.46. The predicted octanol–water partition coefficient (Wildman–Crippen LogP) is 1.75. The van der Waals surface area contributed by atoms with Gasteiger partial charge < -0.3 is 15.0 Å². The zero-order chi connectivity index (χ0) is 12.2. The van der Waals surface area contributed by atoms with Gasteiger partial charge in [0.15, 0.2) is 5.82 Å². The molecule has 0 saturated carbocycles. The lowest BCUT2D eigenvalue weighted by molar-refractivity contribution is 0.0804. The number of nitrogens with zero attached hydrogens (tertiary/aromatic N) is 2. The minimum atomic E-state index is -0.305. The van der Waals surface area contributed by atoms with E-state index < -0.39 is 0 Å². The maximum absolute atomic E-state index is 5.51. The number of hydrogen-bond acceptors (Lipinski definition) is 6. The normalized spacial score (nSPS) is 14.1. The molecule has 6 heteroatoms. The van der Waals surface area contributed by atoms with Gasteiger partial charge in [-0.1, -0.05) is 25.9 Å². The van der Waals surface area contributed by atoms with E-state index in [1.807, 2.05) is 0 Å². The number of thioether (sulfide) groups is 1. The van der Waals surface area contributed by atoms with Gasteiger partial charge in [0.05, 0.1) is 5.75 Å². The fourth-order valence-corrected chi connectivity index (χ4v) is 1.72. The van der Waals surface area contributed by atoms with Crippen molar-refractivity contribution in [3.8, 4) is 0 Å². The van der Waals surface area contributed by atoms with Crippen LogP contribution in [-0.2, 0) is 10.5 Å². The molecule has 0 saturated heterocycles. The topological polar surface area (TPSA) is 74.2 Å². The first-order valence-corrected chi connectivity index (χ1v) is 6.14. The highest BCUT2D eigenvalue weighted by molar-refractivity contribution is 7.99. The van der Waals surface area contributed by atoms with Crippen molar-refractivity contribution in [2.45, 2.75) is 37.4 Å². The summed E-state index contributed by atoms with van der Waals surface area (Å²) in [7, 11) is 1.57. The summed E-state index contributed by atoms with van der Waals surface area (Å²) in [5, 5.41) is 3.89. The lowest BCUT2D eigenvalue weighted by Gasteiger charge is -2.15. The zero-order valence-electron chi connectivity index (χ0n) is 10.2. The van der Waals surface area contributed by atoms with E-state index in [1.54, 1.807) is 18.9 Å². The van der Waals surface area contributed by atoms with Crippen LogP contribution in [0, 0.1) is 0 Å². The van der Waals surface area contributed by atoms with E-state index in [4.69, 9.17) is 15.0 Å². The Morgan fingerprint density at radius 3 is 2.69 bits per heavy atom. The number of nitrogens with two attached hydrogens (primary N) is 1. The molecule has 1 rings (SSSR count). The summed E-state index contributed by atoms with van der Waals surface area (Å²) >= 11 is 1.77. The maximum Gasteiger partial charge on any atom is 0.257 e. The van der Waals surface area contributed by atoms with Crippen LogP contribution in [0.4, 0.5) is 0 Å². The largest absolute Gasteiger partial charge is 0.370 e. The first-order valence-electron chi connectivity index (χ1n) is 5.15. The summed E-state index contributed by atoms with van der Waals surface area (Å²) in [6, 6.07) is 0. The molecule has 1 atom stereocenters. The number of rotatable bonds is 5. The molecule has 1 aromatic heterocycles. The molecule has 0 aromatic carbocycles. The summed E-state index contributed by atoms with van der Waals surface area (Å²) in [6.45, 7) is 6.79. The average molecular weight is 245 g/mol. The average Bonchev–Trinajstić information content (AvgIpc) is 2.65. The number of ether oxygens (including phenoxy) is 1. The molecule has 92 valence electrons. The quantitative estimate of drug-likeness (QED) is 0.851.